The Kier molecular flexibility index (Phi) is 4.24. The lowest BCUT2D eigenvalue weighted by atomic mass is 10.1. The van der Waals surface area contributed by atoms with Crippen LogP contribution in [0.25, 0.3) is 0 Å². The summed E-state index contributed by atoms with van der Waals surface area (Å²) in [4.78, 5) is 19.1. The summed E-state index contributed by atoms with van der Waals surface area (Å²) in [6.07, 6.45) is 1.67. The summed E-state index contributed by atoms with van der Waals surface area (Å²) in [6, 6.07) is 19.7. The number of nitrogens with zero attached hydrogens (tertiary/aromatic N) is 3. The average molecular weight is 305 g/mol. The van der Waals surface area contributed by atoms with E-state index in [0.717, 1.165) is 16.9 Å². The van der Waals surface area contributed by atoms with Crippen LogP contribution in [0.1, 0.15) is 21.7 Å². The maximum absolute atomic E-state index is 13.1. The number of hydrogen-bond acceptors (Lipinski definition) is 2. The third kappa shape index (κ3) is 3.16. The molecule has 2 aromatic carbocycles. The lowest BCUT2D eigenvalue weighted by Gasteiger charge is -2.23. The van der Waals surface area contributed by atoms with Crippen molar-refractivity contribution >= 4 is 11.6 Å². The van der Waals surface area contributed by atoms with Crippen molar-refractivity contribution in [1.29, 1.82) is 0 Å². The van der Waals surface area contributed by atoms with E-state index in [9.17, 15) is 4.79 Å². The fraction of sp³-hybridized carbons (Fsp3) is 0.158. The smallest absolute Gasteiger partial charge is 0.277 e. The molecular formula is C19H19N3O. The van der Waals surface area contributed by atoms with Crippen molar-refractivity contribution in [3.8, 4) is 0 Å². The number of carbonyl (C=O) groups is 1. The molecule has 0 saturated carbocycles. The van der Waals surface area contributed by atoms with Crippen LogP contribution in [-0.2, 0) is 13.6 Å². The third-order valence-electron chi connectivity index (χ3n) is 3.82. The molecule has 116 valence electrons. The van der Waals surface area contributed by atoms with E-state index in [0.29, 0.717) is 12.2 Å². The first-order valence-corrected chi connectivity index (χ1v) is 7.55. The summed E-state index contributed by atoms with van der Waals surface area (Å²) in [5.41, 5.74) is 3.32. The molecule has 0 unspecified atom stereocenters. The van der Waals surface area contributed by atoms with Crippen molar-refractivity contribution < 1.29 is 4.79 Å². The lowest BCUT2D eigenvalue weighted by molar-refractivity contribution is 0.0976. The molecular weight excluding hydrogens is 286 g/mol. The molecule has 1 aromatic heterocycles. The molecule has 0 aliphatic carbocycles. The Morgan fingerprint density at radius 3 is 2.22 bits per heavy atom. The molecule has 3 rings (SSSR count). The highest BCUT2D eigenvalue weighted by Gasteiger charge is 2.22. The van der Waals surface area contributed by atoms with Crippen molar-refractivity contribution in [1.82, 2.24) is 9.55 Å². The van der Waals surface area contributed by atoms with E-state index in [1.165, 1.54) is 0 Å². The quantitative estimate of drug-likeness (QED) is 0.739. The maximum atomic E-state index is 13.1. The van der Waals surface area contributed by atoms with Crippen LogP contribution in [0.5, 0.6) is 0 Å². The van der Waals surface area contributed by atoms with Gasteiger partial charge in [-0.2, -0.15) is 0 Å². The topological polar surface area (TPSA) is 38.1 Å². The lowest BCUT2D eigenvalue weighted by Crippen LogP contribution is -2.32. The van der Waals surface area contributed by atoms with Crippen molar-refractivity contribution in [3.05, 3.63) is 83.9 Å². The highest BCUT2D eigenvalue weighted by Crippen LogP contribution is 2.21. The third-order valence-corrected chi connectivity index (χ3v) is 3.82. The van der Waals surface area contributed by atoms with Gasteiger partial charge in [0.2, 0.25) is 0 Å². The summed E-state index contributed by atoms with van der Waals surface area (Å²) < 4.78 is 1.78. The van der Waals surface area contributed by atoms with Crippen LogP contribution in [0.4, 0.5) is 5.69 Å². The first kappa shape index (κ1) is 15.0. The number of carbonyl (C=O) groups excluding carboxylic acids is 1. The van der Waals surface area contributed by atoms with Gasteiger partial charge in [-0.25, -0.2) is 4.98 Å². The minimum Gasteiger partial charge on any atom is -0.330 e. The molecule has 0 aliphatic rings. The predicted octanol–water partition coefficient (Wildman–Crippen LogP) is 3.58. The molecule has 0 atom stereocenters. The molecule has 0 saturated heterocycles. The fourth-order valence-electron chi connectivity index (χ4n) is 2.64. The molecule has 0 radical (unpaired) electrons. The van der Waals surface area contributed by atoms with E-state index < -0.39 is 0 Å². The first-order valence-electron chi connectivity index (χ1n) is 7.55. The van der Waals surface area contributed by atoms with E-state index in [1.54, 1.807) is 15.8 Å². The van der Waals surface area contributed by atoms with Gasteiger partial charge in [0.25, 0.3) is 5.91 Å². The Labute approximate surface area is 136 Å². The zero-order valence-electron chi connectivity index (χ0n) is 13.3. The summed E-state index contributed by atoms with van der Waals surface area (Å²) in [5, 5.41) is 0. The van der Waals surface area contributed by atoms with Crippen LogP contribution in [0.3, 0.4) is 0 Å². The van der Waals surface area contributed by atoms with Gasteiger partial charge in [-0.1, -0.05) is 48.5 Å². The van der Waals surface area contributed by atoms with Crippen LogP contribution in [0.15, 0.2) is 67.0 Å². The summed E-state index contributed by atoms with van der Waals surface area (Å²) in [6.45, 7) is 2.38. The van der Waals surface area contributed by atoms with Gasteiger partial charge < -0.3 is 9.47 Å². The molecule has 23 heavy (non-hydrogen) atoms. The first-order chi connectivity index (χ1) is 11.2. The Morgan fingerprint density at radius 1 is 1.04 bits per heavy atom. The minimum absolute atomic E-state index is 0.0439. The van der Waals surface area contributed by atoms with Gasteiger partial charge >= 0.3 is 0 Å². The summed E-state index contributed by atoms with van der Waals surface area (Å²) in [5.74, 6) is -0.0439. The second-order valence-corrected chi connectivity index (χ2v) is 5.50. The van der Waals surface area contributed by atoms with Crippen molar-refractivity contribution in [2.75, 3.05) is 4.90 Å². The van der Waals surface area contributed by atoms with Crippen LogP contribution >= 0.6 is 0 Å². The van der Waals surface area contributed by atoms with Gasteiger partial charge in [0.15, 0.2) is 0 Å². The molecule has 1 heterocycles. The second-order valence-electron chi connectivity index (χ2n) is 5.50. The number of imidazole rings is 1. The predicted molar refractivity (Wildman–Crippen MR) is 91.3 cm³/mol. The van der Waals surface area contributed by atoms with Gasteiger partial charge in [0.1, 0.15) is 5.69 Å². The van der Waals surface area contributed by atoms with Crippen molar-refractivity contribution in [3.63, 3.8) is 0 Å². The van der Waals surface area contributed by atoms with E-state index in [2.05, 4.69) is 4.98 Å². The van der Waals surface area contributed by atoms with Crippen LogP contribution in [-0.4, -0.2) is 15.5 Å². The molecule has 0 N–H and O–H groups in total. The number of benzene rings is 2. The SMILES string of the molecule is Cc1ncn(C)c1C(=O)N(Cc1ccccc1)c1ccccc1. The molecule has 1 amide bonds. The normalized spacial score (nSPS) is 10.5. The van der Waals surface area contributed by atoms with Gasteiger partial charge in [-0.05, 0) is 24.6 Å². The van der Waals surface area contributed by atoms with E-state index >= 15 is 0 Å². The number of anilines is 1. The molecule has 0 bridgehead atoms. The fourth-order valence-corrected chi connectivity index (χ4v) is 2.64. The number of aryl methyl sites for hydroxylation is 2. The van der Waals surface area contributed by atoms with Crippen molar-refractivity contribution in [2.45, 2.75) is 13.5 Å². The molecule has 4 heteroatoms. The van der Waals surface area contributed by atoms with Gasteiger partial charge in [0, 0.05) is 12.7 Å². The number of aromatic nitrogens is 2. The average Bonchev–Trinajstić information content (AvgIpc) is 2.92. The highest BCUT2D eigenvalue weighted by molar-refractivity contribution is 6.05. The Hall–Kier alpha value is -2.88. The van der Waals surface area contributed by atoms with Crippen LogP contribution in [0, 0.1) is 6.92 Å². The molecule has 0 spiro atoms. The molecule has 4 nitrogen and oxygen atoms in total. The van der Waals surface area contributed by atoms with Crippen molar-refractivity contribution in [2.24, 2.45) is 7.05 Å². The number of amides is 1. The van der Waals surface area contributed by atoms with Gasteiger partial charge in [-0.15, -0.1) is 0 Å². The van der Waals surface area contributed by atoms with Gasteiger partial charge in [-0.3, -0.25) is 4.79 Å². The van der Waals surface area contributed by atoms with E-state index in [4.69, 9.17) is 0 Å². The summed E-state index contributed by atoms with van der Waals surface area (Å²) >= 11 is 0. The number of para-hydroxylation sites is 1. The zero-order chi connectivity index (χ0) is 16.2. The van der Waals surface area contributed by atoms with Crippen LogP contribution in [0.2, 0.25) is 0 Å². The molecule has 0 fully saturated rings. The highest BCUT2D eigenvalue weighted by atomic mass is 16.2. The Balaban J connectivity index is 2.00. The molecule has 0 aliphatic heterocycles. The maximum Gasteiger partial charge on any atom is 0.277 e. The zero-order valence-corrected chi connectivity index (χ0v) is 13.3. The Morgan fingerprint density at radius 2 is 1.65 bits per heavy atom. The second kappa shape index (κ2) is 6.48. The summed E-state index contributed by atoms with van der Waals surface area (Å²) in [7, 11) is 1.85. The Bertz CT molecular complexity index is 774. The standard InChI is InChI=1S/C19H19N3O/c1-15-18(21(2)14-20-15)19(23)22(17-11-7-4-8-12-17)13-16-9-5-3-6-10-16/h3-12,14H,13H2,1-2H3. The number of rotatable bonds is 4. The number of hydrogen-bond donors (Lipinski definition) is 0. The van der Waals surface area contributed by atoms with Crippen LogP contribution < -0.4 is 4.90 Å². The van der Waals surface area contributed by atoms with E-state index in [1.807, 2.05) is 74.6 Å². The largest absolute Gasteiger partial charge is 0.330 e. The van der Waals surface area contributed by atoms with E-state index in [-0.39, 0.29) is 5.91 Å². The van der Waals surface area contributed by atoms with Gasteiger partial charge in [0.05, 0.1) is 18.6 Å². The molecule has 3 aromatic rings. The monoisotopic (exact) mass is 305 g/mol. The minimum atomic E-state index is -0.0439.